The standard InChI is InChI=1S/C20H26FN5O/c1-14-8-19(22)26(23-14)13-20(27)25-11-16-4-7-18(25)12-24(10-16)9-15-2-5-17(21)6-3-15/h2-3,5-6,8,16,18H,4,7,9-13,22H2,1H3/t16-,18+/m1/s1. The number of aromatic nitrogens is 2. The van der Waals surface area contributed by atoms with Crippen molar-refractivity contribution in [1.29, 1.82) is 0 Å². The molecule has 3 saturated heterocycles. The minimum atomic E-state index is -0.209. The number of halogens is 1. The first-order valence-electron chi connectivity index (χ1n) is 9.54. The van der Waals surface area contributed by atoms with Crippen molar-refractivity contribution < 1.29 is 9.18 Å². The number of piperidine rings is 1. The molecule has 1 aromatic heterocycles. The zero-order valence-electron chi connectivity index (χ0n) is 15.6. The molecule has 0 saturated carbocycles. The van der Waals surface area contributed by atoms with Crippen LogP contribution in [0, 0.1) is 18.7 Å². The highest BCUT2D eigenvalue weighted by Gasteiger charge is 2.37. The van der Waals surface area contributed by atoms with E-state index in [0.29, 0.717) is 11.7 Å². The van der Waals surface area contributed by atoms with E-state index in [4.69, 9.17) is 5.73 Å². The summed E-state index contributed by atoms with van der Waals surface area (Å²) in [7, 11) is 0. The Morgan fingerprint density at radius 3 is 2.70 bits per heavy atom. The third kappa shape index (κ3) is 3.98. The molecule has 7 heteroatoms. The van der Waals surface area contributed by atoms with Crippen LogP contribution in [0.15, 0.2) is 30.3 Å². The molecule has 2 N–H and O–H groups in total. The van der Waals surface area contributed by atoms with E-state index in [1.54, 1.807) is 10.7 Å². The van der Waals surface area contributed by atoms with Gasteiger partial charge in [-0.15, -0.1) is 0 Å². The molecule has 2 atom stereocenters. The Kier molecular flexibility index (Phi) is 4.86. The molecule has 3 aliphatic heterocycles. The number of hydrogen-bond donors (Lipinski definition) is 1. The maximum atomic E-state index is 13.1. The summed E-state index contributed by atoms with van der Waals surface area (Å²) in [4.78, 5) is 17.3. The summed E-state index contributed by atoms with van der Waals surface area (Å²) < 4.78 is 14.7. The van der Waals surface area contributed by atoms with E-state index >= 15 is 0 Å². The fraction of sp³-hybridized carbons (Fsp3) is 0.500. The first-order chi connectivity index (χ1) is 13.0. The highest BCUT2D eigenvalue weighted by molar-refractivity contribution is 5.77. The summed E-state index contributed by atoms with van der Waals surface area (Å²) in [6.07, 6.45) is 2.18. The molecule has 27 heavy (non-hydrogen) atoms. The number of benzene rings is 1. The quantitative estimate of drug-likeness (QED) is 0.893. The third-order valence-electron chi connectivity index (χ3n) is 5.65. The highest BCUT2D eigenvalue weighted by Crippen LogP contribution is 2.29. The van der Waals surface area contributed by atoms with Crippen LogP contribution >= 0.6 is 0 Å². The van der Waals surface area contributed by atoms with Crippen molar-refractivity contribution in [3.8, 4) is 0 Å². The van der Waals surface area contributed by atoms with Crippen LogP contribution in [0.5, 0.6) is 0 Å². The first kappa shape index (κ1) is 18.0. The van der Waals surface area contributed by atoms with E-state index in [0.717, 1.165) is 50.3 Å². The Labute approximate surface area is 158 Å². The van der Waals surface area contributed by atoms with Gasteiger partial charge in [0.25, 0.3) is 0 Å². The fourth-order valence-electron chi connectivity index (χ4n) is 4.37. The van der Waals surface area contributed by atoms with Crippen molar-refractivity contribution in [3.05, 3.63) is 47.4 Å². The largest absolute Gasteiger partial charge is 0.384 e. The van der Waals surface area contributed by atoms with Crippen molar-refractivity contribution in [2.45, 2.75) is 38.9 Å². The second-order valence-corrected chi connectivity index (χ2v) is 7.83. The number of carbonyl (C=O) groups is 1. The van der Waals surface area contributed by atoms with E-state index in [-0.39, 0.29) is 24.3 Å². The number of aryl methyl sites for hydroxylation is 1. The maximum absolute atomic E-state index is 13.1. The van der Waals surface area contributed by atoms with Gasteiger partial charge in [0, 0.05) is 38.3 Å². The van der Waals surface area contributed by atoms with Crippen LogP contribution in [0.2, 0.25) is 0 Å². The third-order valence-corrected chi connectivity index (χ3v) is 5.65. The van der Waals surface area contributed by atoms with Crippen LogP contribution in [-0.4, -0.2) is 51.2 Å². The summed E-state index contributed by atoms with van der Waals surface area (Å²) in [5, 5.41) is 4.31. The average Bonchev–Trinajstić information content (AvgIpc) is 2.79. The molecule has 0 unspecified atom stereocenters. The molecule has 3 fully saturated rings. The molecule has 3 aliphatic rings. The predicted molar refractivity (Wildman–Crippen MR) is 101 cm³/mol. The van der Waals surface area contributed by atoms with Gasteiger partial charge in [0.1, 0.15) is 18.2 Å². The smallest absolute Gasteiger partial charge is 0.244 e. The minimum absolute atomic E-state index is 0.0862. The number of rotatable bonds is 4. The number of nitrogen functional groups attached to an aromatic ring is 1. The Hall–Kier alpha value is -2.41. The monoisotopic (exact) mass is 371 g/mol. The van der Waals surface area contributed by atoms with Gasteiger partial charge in [-0.05, 0) is 43.4 Å². The normalized spacial score (nSPS) is 22.8. The van der Waals surface area contributed by atoms with E-state index in [1.165, 1.54) is 12.1 Å². The molecule has 0 spiro atoms. The Balaban J connectivity index is 1.43. The lowest BCUT2D eigenvalue weighted by molar-refractivity contribution is -0.136. The molecule has 4 heterocycles. The van der Waals surface area contributed by atoms with Gasteiger partial charge in [-0.3, -0.25) is 9.69 Å². The molecule has 144 valence electrons. The van der Waals surface area contributed by atoms with E-state index in [9.17, 15) is 9.18 Å². The van der Waals surface area contributed by atoms with Crippen LogP contribution in [-0.2, 0) is 17.9 Å². The molecular weight excluding hydrogens is 345 g/mol. The van der Waals surface area contributed by atoms with Crippen molar-refractivity contribution in [3.63, 3.8) is 0 Å². The summed E-state index contributed by atoms with van der Waals surface area (Å²) in [6, 6.07) is 8.70. The van der Waals surface area contributed by atoms with Crippen molar-refractivity contribution in [2.24, 2.45) is 5.92 Å². The predicted octanol–water partition coefficient (Wildman–Crippen LogP) is 2.04. The second kappa shape index (κ2) is 7.31. The SMILES string of the molecule is Cc1cc(N)n(CC(=O)N2C[C@@H]3CC[C@H]2CN(Cc2ccc(F)cc2)C3)n1. The number of fused-ring (bicyclic) bond motifs is 4. The summed E-state index contributed by atoms with van der Waals surface area (Å²) >= 11 is 0. The fourth-order valence-corrected chi connectivity index (χ4v) is 4.37. The van der Waals surface area contributed by atoms with Gasteiger partial charge in [-0.2, -0.15) is 5.10 Å². The maximum Gasteiger partial charge on any atom is 0.244 e. The summed E-state index contributed by atoms with van der Waals surface area (Å²) in [5.74, 6) is 0.881. The molecule has 1 amide bonds. The lowest BCUT2D eigenvalue weighted by atomic mass is 9.95. The number of anilines is 1. The topological polar surface area (TPSA) is 67.4 Å². The molecule has 2 aromatic rings. The lowest BCUT2D eigenvalue weighted by Gasteiger charge is -2.36. The number of amides is 1. The van der Waals surface area contributed by atoms with Gasteiger partial charge in [-0.25, -0.2) is 9.07 Å². The van der Waals surface area contributed by atoms with Crippen LogP contribution in [0.1, 0.15) is 24.1 Å². The molecule has 1 aromatic carbocycles. The number of nitrogens with two attached hydrogens (primary N) is 1. The molecule has 2 bridgehead atoms. The summed E-state index contributed by atoms with van der Waals surface area (Å²) in [5.41, 5.74) is 7.87. The zero-order chi connectivity index (χ0) is 19.0. The van der Waals surface area contributed by atoms with E-state index in [2.05, 4.69) is 10.00 Å². The molecule has 6 nitrogen and oxygen atoms in total. The number of carbonyl (C=O) groups excluding carboxylic acids is 1. The Morgan fingerprint density at radius 1 is 1.22 bits per heavy atom. The van der Waals surface area contributed by atoms with E-state index in [1.807, 2.05) is 24.0 Å². The molecular formula is C20H26FN5O. The van der Waals surface area contributed by atoms with E-state index < -0.39 is 0 Å². The molecule has 0 aliphatic carbocycles. The van der Waals surface area contributed by atoms with Crippen molar-refractivity contribution in [2.75, 3.05) is 25.4 Å². The van der Waals surface area contributed by atoms with Gasteiger partial charge >= 0.3 is 0 Å². The van der Waals surface area contributed by atoms with Crippen LogP contribution in [0.4, 0.5) is 10.2 Å². The number of hydrogen-bond acceptors (Lipinski definition) is 4. The van der Waals surface area contributed by atoms with Gasteiger partial charge in [0.05, 0.1) is 5.69 Å². The second-order valence-electron chi connectivity index (χ2n) is 7.83. The average molecular weight is 371 g/mol. The molecule has 5 rings (SSSR count). The number of nitrogens with zero attached hydrogens (tertiary/aromatic N) is 4. The van der Waals surface area contributed by atoms with Gasteiger partial charge < -0.3 is 10.6 Å². The van der Waals surface area contributed by atoms with Crippen LogP contribution < -0.4 is 5.73 Å². The van der Waals surface area contributed by atoms with Crippen LogP contribution in [0.3, 0.4) is 0 Å². The van der Waals surface area contributed by atoms with Gasteiger partial charge in [-0.1, -0.05) is 12.1 Å². The minimum Gasteiger partial charge on any atom is -0.384 e. The highest BCUT2D eigenvalue weighted by atomic mass is 19.1. The zero-order valence-corrected chi connectivity index (χ0v) is 15.6. The van der Waals surface area contributed by atoms with Gasteiger partial charge in [0.15, 0.2) is 0 Å². The van der Waals surface area contributed by atoms with Crippen molar-refractivity contribution >= 4 is 11.7 Å². The van der Waals surface area contributed by atoms with Crippen LogP contribution in [0.25, 0.3) is 0 Å². The van der Waals surface area contributed by atoms with Crippen molar-refractivity contribution in [1.82, 2.24) is 19.6 Å². The molecule has 0 radical (unpaired) electrons. The first-order valence-corrected chi connectivity index (χ1v) is 9.54. The Bertz CT molecular complexity index is 818. The lowest BCUT2D eigenvalue weighted by Crippen LogP contribution is -2.48. The summed E-state index contributed by atoms with van der Waals surface area (Å²) in [6.45, 7) is 5.48. The van der Waals surface area contributed by atoms with Gasteiger partial charge in [0.2, 0.25) is 5.91 Å². The Morgan fingerprint density at radius 2 is 2.00 bits per heavy atom.